The van der Waals surface area contributed by atoms with E-state index in [0.29, 0.717) is 17.5 Å². The third-order valence-corrected chi connectivity index (χ3v) is 11.1. The van der Waals surface area contributed by atoms with Crippen LogP contribution in [0.4, 0.5) is 5.69 Å². The molecule has 262 valence electrons. The monoisotopic (exact) mass is 706 g/mol. The van der Waals surface area contributed by atoms with E-state index in [0.717, 1.165) is 27.9 Å². The van der Waals surface area contributed by atoms with Crippen LogP contribution in [0.1, 0.15) is 47.7 Å². The van der Waals surface area contributed by atoms with Crippen molar-refractivity contribution in [3.63, 3.8) is 0 Å². The third-order valence-electron chi connectivity index (χ3n) is 11.1. The highest BCUT2D eigenvalue weighted by molar-refractivity contribution is 5.95. The molecule has 8 aromatic rings. The Labute approximate surface area is 322 Å². The molecule has 0 saturated heterocycles. The molecule has 0 radical (unpaired) electrons. The molecule has 0 bridgehead atoms. The summed E-state index contributed by atoms with van der Waals surface area (Å²) in [7, 11) is 0. The Kier molecular flexibility index (Phi) is 7.85. The fourth-order valence-electron chi connectivity index (χ4n) is 8.29. The van der Waals surface area contributed by atoms with Crippen molar-refractivity contribution in [2.45, 2.75) is 25.3 Å². The van der Waals surface area contributed by atoms with Gasteiger partial charge < -0.3 is 5.32 Å². The minimum atomic E-state index is -0.113. The number of nitrogens with zero attached hydrogens (tertiary/aromatic N) is 3. The summed E-state index contributed by atoms with van der Waals surface area (Å²) >= 11 is 0. The summed E-state index contributed by atoms with van der Waals surface area (Å²) in [5.74, 6) is 1.94. The molecule has 0 saturated carbocycles. The highest BCUT2D eigenvalue weighted by Crippen LogP contribution is 2.52. The number of fused-ring (bicyclic) bond motifs is 4. The predicted octanol–water partition coefficient (Wildman–Crippen LogP) is 12.4. The van der Waals surface area contributed by atoms with Crippen LogP contribution in [-0.4, -0.2) is 15.0 Å². The molecule has 4 heteroatoms. The molecule has 10 rings (SSSR count). The zero-order chi connectivity index (χ0) is 36.9. The van der Waals surface area contributed by atoms with Gasteiger partial charge in [-0.2, -0.15) is 0 Å². The van der Waals surface area contributed by atoms with Gasteiger partial charge in [0.1, 0.15) is 0 Å². The molecule has 0 fully saturated rings. The zero-order valence-electron chi connectivity index (χ0n) is 30.7. The predicted molar refractivity (Wildman–Crippen MR) is 225 cm³/mol. The summed E-state index contributed by atoms with van der Waals surface area (Å²) in [4.78, 5) is 15.1. The number of hydrogen-bond acceptors (Lipinski definition) is 4. The summed E-state index contributed by atoms with van der Waals surface area (Å²) in [6.07, 6.45) is 2.39. The smallest absolute Gasteiger partial charge is 0.164 e. The van der Waals surface area contributed by atoms with E-state index < -0.39 is 0 Å². The highest BCUT2D eigenvalue weighted by Gasteiger charge is 2.37. The van der Waals surface area contributed by atoms with Crippen molar-refractivity contribution in [2.24, 2.45) is 0 Å². The van der Waals surface area contributed by atoms with E-state index in [1.165, 1.54) is 50.1 Å². The fraction of sp³-hybridized carbons (Fsp3) is 0.0784. The minimum absolute atomic E-state index is 0.0497. The number of hydrogen-bond donors (Lipinski definition) is 1. The Morgan fingerprint density at radius 1 is 0.418 bits per heavy atom. The Morgan fingerprint density at radius 3 is 1.65 bits per heavy atom. The Bertz CT molecular complexity index is 2690. The van der Waals surface area contributed by atoms with Gasteiger partial charge >= 0.3 is 0 Å². The highest BCUT2D eigenvalue weighted by atomic mass is 15.0. The summed E-state index contributed by atoms with van der Waals surface area (Å²) in [5, 5.41) is 3.97. The molecule has 1 aliphatic carbocycles. The van der Waals surface area contributed by atoms with Crippen LogP contribution in [0, 0.1) is 0 Å². The maximum Gasteiger partial charge on any atom is 0.164 e. The van der Waals surface area contributed by atoms with Gasteiger partial charge in [-0.3, -0.25) is 0 Å². The van der Waals surface area contributed by atoms with Crippen LogP contribution in [0.25, 0.3) is 62.0 Å². The first-order valence-corrected chi connectivity index (χ1v) is 18.9. The van der Waals surface area contributed by atoms with Crippen LogP contribution in [0.2, 0.25) is 0 Å². The van der Waals surface area contributed by atoms with Gasteiger partial charge in [0.25, 0.3) is 0 Å². The molecule has 2 heterocycles. The SMILES string of the molecule is CC1(C)c2ccccc2-c2cc3c(cc21)NC(c1cccc(-c2ccccc2)c1)C=C3c1cccc(-c2nc(-c3ccccc3)nc(-c3ccccc3)n2)c1. The lowest BCUT2D eigenvalue weighted by molar-refractivity contribution is 0.660. The first kappa shape index (κ1) is 32.7. The summed E-state index contributed by atoms with van der Waals surface area (Å²) in [6, 6.07) is 62.1. The van der Waals surface area contributed by atoms with Crippen LogP contribution in [-0.2, 0) is 5.41 Å². The van der Waals surface area contributed by atoms with Crippen LogP contribution in [0.15, 0.2) is 182 Å². The van der Waals surface area contributed by atoms with Gasteiger partial charge in [0.15, 0.2) is 17.5 Å². The molecular formula is C51H38N4. The molecule has 1 atom stereocenters. The summed E-state index contributed by atoms with van der Waals surface area (Å²) in [5.41, 5.74) is 16.3. The molecule has 1 aromatic heterocycles. The van der Waals surface area contributed by atoms with Gasteiger partial charge in [-0.15, -0.1) is 0 Å². The van der Waals surface area contributed by atoms with Crippen molar-refractivity contribution in [1.82, 2.24) is 15.0 Å². The Balaban J connectivity index is 1.14. The van der Waals surface area contributed by atoms with Gasteiger partial charge in [-0.05, 0) is 80.4 Å². The lowest BCUT2D eigenvalue weighted by Crippen LogP contribution is -2.18. The van der Waals surface area contributed by atoms with Gasteiger partial charge in [-0.25, -0.2) is 15.0 Å². The maximum absolute atomic E-state index is 5.07. The average Bonchev–Trinajstić information content (AvgIpc) is 3.48. The first-order chi connectivity index (χ1) is 27.0. The minimum Gasteiger partial charge on any atom is -0.374 e. The lowest BCUT2D eigenvalue weighted by Gasteiger charge is -2.30. The first-order valence-electron chi connectivity index (χ1n) is 18.9. The van der Waals surface area contributed by atoms with Crippen LogP contribution < -0.4 is 5.32 Å². The van der Waals surface area contributed by atoms with E-state index in [9.17, 15) is 0 Å². The number of anilines is 1. The number of aromatic nitrogens is 3. The van der Waals surface area contributed by atoms with Gasteiger partial charge in [-0.1, -0.05) is 166 Å². The second kappa shape index (κ2) is 13.2. The maximum atomic E-state index is 5.07. The van der Waals surface area contributed by atoms with Crippen molar-refractivity contribution in [3.8, 4) is 56.4 Å². The van der Waals surface area contributed by atoms with E-state index in [4.69, 9.17) is 15.0 Å². The van der Waals surface area contributed by atoms with Gasteiger partial charge in [0, 0.05) is 33.4 Å². The molecule has 1 unspecified atom stereocenters. The lowest BCUT2D eigenvalue weighted by atomic mass is 9.80. The van der Waals surface area contributed by atoms with Gasteiger partial charge in [0.05, 0.1) is 6.04 Å². The number of nitrogens with one attached hydrogen (secondary N) is 1. The molecule has 55 heavy (non-hydrogen) atoms. The molecule has 1 N–H and O–H groups in total. The van der Waals surface area contributed by atoms with E-state index in [1.54, 1.807) is 0 Å². The second-order valence-corrected chi connectivity index (χ2v) is 14.9. The quantitative estimate of drug-likeness (QED) is 0.187. The molecule has 1 aliphatic heterocycles. The molecule has 0 amide bonds. The molecule has 2 aliphatic rings. The normalized spacial score (nSPS) is 14.9. The molecule has 0 spiro atoms. The van der Waals surface area contributed by atoms with E-state index in [1.807, 2.05) is 60.7 Å². The van der Waals surface area contributed by atoms with Crippen LogP contribution in [0.5, 0.6) is 0 Å². The molecule has 7 aromatic carbocycles. The second-order valence-electron chi connectivity index (χ2n) is 14.9. The van der Waals surface area contributed by atoms with Gasteiger partial charge in [0.2, 0.25) is 0 Å². The Morgan fingerprint density at radius 2 is 0.964 bits per heavy atom. The topological polar surface area (TPSA) is 50.7 Å². The standard InChI is InChI=1S/C51H38N4/c1-51(2)44-27-13-12-26-40(44)42-30-43-41(31-46(52-47(43)32-45(42)51)38-24-14-22-36(28-38)33-16-6-3-7-17-33)37-23-15-25-39(29-37)50-54-48(34-18-8-4-9-19-34)53-49(55-50)35-20-10-5-11-21-35/h3-32,46,52H,1-2H3. The molecular weight excluding hydrogens is 669 g/mol. The Hall–Kier alpha value is -6.91. The van der Waals surface area contributed by atoms with Crippen LogP contribution in [0.3, 0.4) is 0 Å². The van der Waals surface area contributed by atoms with Crippen molar-refractivity contribution >= 4 is 11.3 Å². The van der Waals surface area contributed by atoms with E-state index in [-0.39, 0.29) is 11.5 Å². The third kappa shape index (κ3) is 5.84. The van der Waals surface area contributed by atoms with Crippen molar-refractivity contribution in [3.05, 3.63) is 210 Å². The largest absolute Gasteiger partial charge is 0.374 e. The summed E-state index contributed by atoms with van der Waals surface area (Å²) < 4.78 is 0. The van der Waals surface area contributed by atoms with Crippen molar-refractivity contribution in [1.29, 1.82) is 0 Å². The fourth-order valence-corrected chi connectivity index (χ4v) is 8.29. The molecule has 4 nitrogen and oxygen atoms in total. The summed E-state index contributed by atoms with van der Waals surface area (Å²) in [6.45, 7) is 4.69. The number of benzene rings is 7. The van der Waals surface area contributed by atoms with E-state index in [2.05, 4.69) is 141 Å². The van der Waals surface area contributed by atoms with Crippen LogP contribution >= 0.6 is 0 Å². The van der Waals surface area contributed by atoms with E-state index >= 15 is 0 Å². The van der Waals surface area contributed by atoms with Crippen molar-refractivity contribution < 1.29 is 0 Å². The van der Waals surface area contributed by atoms with Crippen molar-refractivity contribution in [2.75, 3.05) is 5.32 Å². The number of rotatable bonds is 6. The average molecular weight is 707 g/mol. The zero-order valence-corrected chi connectivity index (χ0v) is 30.7.